The van der Waals surface area contributed by atoms with E-state index in [0.717, 1.165) is 5.39 Å². The van der Waals surface area contributed by atoms with Crippen molar-refractivity contribution in [1.82, 2.24) is 20.2 Å². The molecule has 0 unspecified atom stereocenters. The van der Waals surface area contributed by atoms with Gasteiger partial charge in [-0.1, -0.05) is 0 Å². The minimum Gasteiger partial charge on any atom is -0.404 e. The molecule has 0 spiro atoms. The van der Waals surface area contributed by atoms with E-state index in [1.807, 2.05) is 0 Å². The molecule has 0 amide bonds. The molecule has 5 nitrogen and oxygen atoms in total. The largest absolute Gasteiger partial charge is 0.404 e. The van der Waals surface area contributed by atoms with E-state index in [4.69, 9.17) is 5.73 Å². The Balaban J connectivity index is 0.000000605. The minimum absolute atomic E-state index is 0. The molecule has 0 saturated heterocycles. The monoisotopic (exact) mass is 321 g/mol. The van der Waals surface area contributed by atoms with Crippen molar-refractivity contribution in [1.29, 1.82) is 0 Å². The van der Waals surface area contributed by atoms with Gasteiger partial charge in [-0.3, -0.25) is 5.10 Å². The first-order valence-electron chi connectivity index (χ1n) is 2.73. The molecule has 0 aliphatic carbocycles. The fraction of sp³-hybridized carbons (Fsp3) is 0. The number of anilines is 1. The number of rotatable bonds is 0. The van der Waals surface area contributed by atoms with Crippen molar-refractivity contribution >= 4 is 17.0 Å². The van der Waals surface area contributed by atoms with E-state index in [9.17, 15) is 0 Å². The van der Waals surface area contributed by atoms with Crippen molar-refractivity contribution in [3.8, 4) is 0 Å². The Kier molecular flexibility index (Phi) is 2.17. The van der Waals surface area contributed by atoms with Crippen LogP contribution in [0.25, 0.3) is 11.0 Å². The molecule has 2 rings (SSSR count). The molecular weight excluding hydrogens is 316 g/mol. The molecule has 2 aromatic heterocycles. The van der Waals surface area contributed by atoms with Crippen LogP contribution in [-0.2, 0) is 20.4 Å². The summed E-state index contributed by atoms with van der Waals surface area (Å²) in [5, 5.41) is 8.15. The molecule has 6 heteroatoms. The van der Waals surface area contributed by atoms with Gasteiger partial charge in [0, 0.05) is 38.2 Å². The van der Waals surface area contributed by atoms with Gasteiger partial charge in [0.25, 0.3) is 0 Å². The third kappa shape index (κ3) is 1.37. The Bertz CT molecular complexity index is 356. The van der Waals surface area contributed by atoms with Crippen LogP contribution in [0.3, 0.4) is 0 Å². The molecular formula is C5H4N5Re-. The van der Waals surface area contributed by atoms with Crippen molar-refractivity contribution in [3.05, 3.63) is 12.4 Å². The number of hydrogen-bond donors (Lipinski definition) is 1. The maximum absolute atomic E-state index is 5.29. The van der Waals surface area contributed by atoms with Gasteiger partial charge in [0.05, 0.1) is 0 Å². The van der Waals surface area contributed by atoms with E-state index >= 15 is 0 Å². The topological polar surface area (TPSA) is 78.8 Å². The van der Waals surface area contributed by atoms with Gasteiger partial charge in [-0.25, -0.2) is 4.98 Å². The standard InChI is InChI=1S/C5H4N5.Re/c6-5-7-1-3-2-8-10-4(3)9-5;/h1-2H,(H2-,6,7,8,9,10);/q-1;. The molecule has 0 atom stereocenters. The Morgan fingerprint density at radius 3 is 3.00 bits per heavy atom. The minimum atomic E-state index is 0. The molecule has 0 bridgehead atoms. The zero-order valence-electron chi connectivity index (χ0n) is 5.40. The molecule has 11 heavy (non-hydrogen) atoms. The zero-order valence-corrected chi connectivity index (χ0v) is 8.11. The number of nitrogens with two attached hydrogens (primary N) is 1. The third-order valence-corrected chi connectivity index (χ3v) is 1.16. The van der Waals surface area contributed by atoms with Gasteiger partial charge in [-0.15, -0.1) is 0 Å². The van der Waals surface area contributed by atoms with Crippen LogP contribution in [0, 0.1) is 0 Å². The molecule has 0 saturated carbocycles. The van der Waals surface area contributed by atoms with E-state index in [-0.39, 0.29) is 26.4 Å². The van der Waals surface area contributed by atoms with Crippen LogP contribution < -0.4 is 10.8 Å². The molecule has 57 valence electrons. The third-order valence-electron chi connectivity index (χ3n) is 1.16. The number of aromatic nitrogens is 4. The number of nitrogen functional groups attached to an aromatic ring is 1. The van der Waals surface area contributed by atoms with Crippen molar-refractivity contribution in [3.63, 3.8) is 0 Å². The van der Waals surface area contributed by atoms with Gasteiger partial charge >= 0.3 is 0 Å². The molecule has 0 aromatic carbocycles. The number of hydrogen-bond acceptors (Lipinski definition) is 4. The Labute approximate surface area is 76.1 Å². The van der Waals surface area contributed by atoms with Crippen LogP contribution in [0.5, 0.6) is 0 Å². The zero-order chi connectivity index (χ0) is 6.97. The van der Waals surface area contributed by atoms with Crippen LogP contribution >= 0.6 is 0 Å². The van der Waals surface area contributed by atoms with E-state index in [0.29, 0.717) is 5.65 Å². The van der Waals surface area contributed by atoms with E-state index in [1.165, 1.54) is 0 Å². The summed E-state index contributed by atoms with van der Waals surface area (Å²) >= 11 is 0. The maximum Gasteiger partial charge on any atom is 0.113 e. The van der Waals surface area contributed by atoms with Gasteiger partial charge in [0.15, 0.2) is 0 Å². The van der Waals surface area contributed by atoms with Crippen LogP contribution in [0.4, 0.5) is 5.95 Å². The summed E-state index contributed by atoms with van der Waals surface area (Å²) in [7, 11) is 0. The molecule has 0 aliphatic rings. The van der Waals surface area contributed by atoms with Crippen LogP contribution in [-0.4, -0.2) is 15.1 Å². The van der Waals surface area contributed by atoms with Crippen LogP contribution in [0.1, 0.15) is 0 Å². The van der Waals surface area contributed by atoms with E-state index in [1.54, 1.807) is 12.4 Å². The van der Waals surface area contributed by atoms with Crippen molar-refractivity contribution in [2.75, 3.05) is 5.73 Å². The fourth-order valence-electron chi connectivity index (χ4n) is 0.712. The number of fused-ring (bicyclic) bond motifs is 1. The van der Waals surface area contributed by atoms with Gasteiger partial charge in [0.2, 0.25) is 0 Å². The average Bonchev–Trinajstić information content (AvgIpc) is 2.33. The summed E-state index contributed by atoms with van der Waals surface area (Å²) in [6.07, 6.45) is 3.19. The first-order valence-corrected chi connectivity index (χ1v) is 2.73. The molecule has 1 radical (unpaired) electrons. The maximum atomic E-state index is 5.29. The van der Waals surface area contributed by atoms with Gasteiger partial charge < -0.3 is 15.8 Å². The quantitative estimate of drug-likeness (QED) is 0.712. The molecule has 2 aromatic rings. The Hall–Kier alpha value is -0.988. The van der Waals surface area contributed by atoms with Gasteiger partial charge in [-0.05, 0) is 5.65 Å². The summed E-state index contributed by atoms with van der Waals surface area (Å²) in [6, 6.07) is 0. The summed E-state index contributed by atoms with van der Waals surface area (Å²) < 4.78 is 0. The normalized spacial score (nSPS) is 9.45. The van der Waals surface area contributed by atoms with Crippen molar-refractivity contribution in [2.45, 2.75) is 0 Å². The molecule has 2 heterocycles. The second-order valence-electron chi connectivity index (χ2n) is 1.85. The van der Waals surface area contributed by atoms with E-state index in [2.05, 4.69) is 20.2 Å². The van der Waals surface area contributed by atoms with E-state index < -0.39 is 0 Å². The van der Waals surface area contributed by atoms with Crippen LogP contribution in [0.2, 0.25) is 0 Å². The fourth-order valence-corrected chi connectivity index (χ4v) is 0.712. The predicted octanol–water partition coefficient (Wildman–Crippen LogP) is -0.438. The van der Waals surface area contributed by atoms with Gasteiger partial charge in [-0.2, -0.15) is 0 Å². The summed E-state index contributed by atoms with van der Waals surface area (Å²) in [5.41, 5.74) is 5.84. The summed E-state index contributed by atoms with van der Waals surface area (Å²) in [6.45, 7) is 0. The first kappa shape index (κ1) is 8.11. The smallest absolute Gasteiger partial charge is 0.113 e. The molecule has 0 fully saturated rings. The molecule has 0 aliphatic heterocycles. The molecule has 2 N–H and O–H groups in total. The Morgan fingerprint density at radius 2 is 2.18 bits per heavy atom. The SMILES string of the molecule is Nc1ncc2cn[n-]c2n1.[Re]. The predicted molar refractivity (Wildman–Crippen MR) is 35.1 cm³/mol. The number of nitrogens with zero attached hydrogens (tertiary/aromatic N) is 4. The van der Waals surface area contributed by atoms with Crippen molar-refractivity contribution < 1.29 is 20.4 Å². The Morgan fingerprint density at radius 1 is 1.36 bits per heavy atom. The first-order chi connectivity index (χ1) is 4.86. The second-order valence-corrected chi connectivity index (χ2v) is 1.85. The van der Waals surface area contributed by atoms with Gasteiger partial charge in [0.1, 0.15) is 5.95 Å². The van der Waals surface area contributed by atoms with Crippen molar-refractivity contribution in [2.24, 2.45) is 0 Å². The summed E-state index contributed by atoms with van der Waals surface area (Å²) in [4.78, 5) is 7.59. The average molecular weight is 320 g/mol. The summed E-state index contributed by atoms with van der Waals surface area (Å²) in [5.74, 6) is 0.230. The second kappa shape index (κ2) is 2.95. The van der Waals surface area contributed by atoms with Crippen LogP contribution in [0.15, 0.2) is 12.4 Å².